The molecule has 0 aromatic rings. The molecule has 4 radical (unpaired) electrons. The van der Waals surface area contributed by atoms with Crippen molar-refractivity contribution in [3.63, 3.8) is 0 Å². The number of hydrogen-bond donors (Lipinski definition) is 1. The molecule has 0 bridgehead atoms. The summed E-state index contributed by atoms with van der Waals surface area (Å²) in [5.41, 5.74) is 2.93. The van der Waals surface area contributed by atoms with Crippen LogP contribution in [0.5, 0.6) is 0 Å². The van der Waals surface area contributed by atoms with Gasteiger partial charge in [0.2, 0.25) is 12.0 Å². The fraction of sp³-hybridized carbons (Fsp3) is 1.00. The number of aliphatic hydroxyl groups is 1. The van der Waals surface area contributed by atoms with E-state index < -0.39 is 0 Å². The minimum absolute atomic E-state index is 0.241. The van der Waals surface area contributed by atoms with Crippen molar-refractivity contribution in [1.82, 2.24) is 11.3 Å². The van der Waals surface area contributed by atoms with E-state index >= 15 is 0 Å². The summed E-state index contributed by atoms with van der Waals surface area (Å²) in [5.74, 6) is 7.93. The van der Waals surface area contributed by atoms with Crippen molar-refractivity contribution in [2.24, 2.45) is 0 Å². The number of rotatable bonds is 5. The van der Waals surface area contributed by atoms with Gasteiger partial charge in [-0.3, -0.25) is 0 Å². The molecule has 0 fully saturated rings. The molecular formula is C5H11N2O+. The van der Waals surface area contributed by atoms with Crippen molar-refractivity contribution in [1.29, 1.82) is 0 Å². The van der Waals surface area contributed by atoms with E-state index in [1.807, 2.05) is 0 Å². The Balaban J connectivity index is 2.53. The van der Waals surface area contributed by atoms with Crippen LogP contribution in [0.15, 0.2) is 0 Å². The lowest BCUT2D eigenvalue weighted by Gasteiger charge is -1.86. The van der Waals surface area contributed by atoms with Crippen molar-refractivity contribution < 1.29 is 5.11 Å². The predicted molar refractivity (Wildman–Crippen MR) is 30.1 cm³/mol. The van der Waals surface area contributed by atoms with Crippen molar-refractivity contribution in [3.8, 4) is 0 Å². The molecule has 0 rings (SSSR count). The lowest BCUT2D eigenvalue weighted by molar-refractivity contribution is 0.282. The zero-order valence-corrected chi connectivity index (χ0v) is 4.88. The molecule has 0 aromatic carbocycles. The third kappa shape index (κ3) is 5.88. The summed E-state index contributed by atoms with van der Waals surface area (Å²) in [5, 5.41) is 8.27. The zero-order chi connectivity index (χ0) is 6.24. The van der Waals surface area contributed by atoms with Crippen LogP contribution < -0.4 is 11.3 Å². The Labute approximate surface area is 49.9 Å². The standard InChI is InChI=1S/C5H11N2O/c6-7-4-2-1-3-5-8/h8H,1-5H2/q+1. The molecule has 0 unspecified atom stereocenters. The monoisotopic (exact) mass is 115 g/mol. The Morgan fingerprint density at radius 1 is 1.25 bits per heavy atom. The smallest absolute Gasteiger partial charge is 0.265 e. The lowest BCUT2D eigenvalue weighted by atomic mass is 10.2. The number of aliphatic hydroxyl groups excluding tert-OH is 1. The summed E-state index contributed by atoms with van der Waals surface area (Å²) < 4.78 is 0. The molecule has 0 amide bonds. The van der Waals surface area contributed by atoms with E-state index in [2.05, 4.69) is 5.43 Å². The van der Waals surface area contributed by atoms with Crippen molar-refractivity contribution in [2.75, 3.05) is 13.2 Å². The van der Waals surface area contributed by atoms with Gasteiger partial charge in [-0.1, -0.05) is 0 Å². The SMILES string of the molecule is [N][N+]CCCCCO. The summed E-state index contributed by atoms with van der Waals surface area (Å²) in [6.45, 7) is 0.741. The van der Waals surface area contributed by atoms with Gasteiger partial charge in [-0.25, -0.2) is 0 Å². The first-order valence-electron chi connectivity index (χ1n) is 2.83. The van der Waals surface area contributed by atoms with Gasteiger partial charge in [-0.15, -0.1) is 0 Å². The van der Waals surface area contributed by atoms with E-state index in [1.165, 1.54) is 0 Å². The first-order valence-corrected chi connectivity index (χ1v) is 2.83. The number of nitrogens with zero attached hydrogens (tertiary/aromatic N) is 2. The Kier molecular flexibility index (Phi) is 6.78. The molecule has 1 N–H and O–H groups in total. The molecule has 3 nitrogen and oxygen atoms in total. The van der Waals surface area contributed by atoms with Crippen LogP contribution in [0.25, 0.3) is 0 Å². The zero-order valence-electron chi connectivity index (χ0n) is 4.88. The average Bonchev–Trinajstić information content (AvgIpc) is 1.81. The second-order valence-corrected chi connectivity index (χ2v) is 1.65. The molecule has 0 aliphatic rings. The molecule has 0 heterocycles. The fourth-order valence-electron chi connectivity index (χ4n) is 0.471. The van der Waals surface area contributed by atoms with Crippen LogP contribution in [0.3, 0.4) is 0 Å². The maximum Gasteiger partial charge on any atom is 0.265 e. The van der Waals surface area contributed by atoms with Crippen molar-refractivity contribution >= 4 is 0 Å². The average molecular weight is 115 g/mol. The van der Waals surface area contributed by atoms with Gasteiger partial charge in [-0.05, 0) is 12.8 Å². The molecule has 0 aliphatic heterocycles. The Hall–Kier alpha value is -0.120. The van der Waals surface area contributed by atoms with E-state index in [9.17, 15) is 0 Å². The van der Waals surface area contributed by atoms with E-state index in [0.717, 1.165) is 19.3 Å². The minimum Gasteiger partial charge on any atom is -0.396 e. The van der Waals surface area contributed by atoms with Crippen LogP contribution >= 0.6 is 0 Å². The van der Waals surface area contributed by atoms with Crippen LogP contribution in [0.4, 0.5) is 0 Å². The highest BCUT2D eigenvalue weighted by Gasteiger charge is 1.96. The molecule has 0 saturated carbocycles. The van der Waals surface area contributed by atoms with Crippen LogP contribution in [0.2, 0.25) is 0 Å². The highest BCUT2D eigenvalue weighted by Crippen LogP contribution is 1.90. The van der Waals surface area contributed by atoms with Gasteiger partial charge in [-0.2, -0.15) is 0 Å². The van der Waals surface area contributed by atoms with Crippen LogP contribution in [0, 0.1) is 0 Å². The van der Waals surface area contributed by atoms with Crippen LogP contribution in [0.1, 0.15) is 19.3 Å². The Morgan fingerprint density at radius 3 is 2.50 bits per heavy atom. The molecule has 0 aliphatic carbocycles. The van der Waals surface area contributed by atoms with Crippen molar-refractivity contribution in [2.45, 2.75) is 19.3 Å². The molecule has 0 spiro atoms. The van der Waals surface area contributed by atoms with E-state index in [1.54, 1.807) is 0 Å². The third-order valence-electron chi connectivity index (χ3n) is 0.916. The van der Waals surface area contributed by atoms with Gasteiger partial charge in [0.1, 0.15) is 0 Å². The molecule has 0 aromatic heterocycles. The molecule has 0 saturated heterocycles. The maximum atomic E-state index is 8.27. The molecule has 8 heavy (non-hydrogen) atoms. The van der Waals surface area contributed by atoms with Crippen LogP contribution in [-0.2, 0) is 0 Å². The topological polar surface area (TPSA) is 56.6 Å². The fourth-order valence-corrected chi connectivity index (χ4v) is 0.471. The van der Waals surface area contributed by atoms with Gasteiger partial charge >= 0.3 is 0 Å². The molecular weight excluding hydrogens is 104 g/mol. The van der Waals surface area contributed by atoms with Crippen LogP contribution in [-0.4, -0.2) is 18.3 Å². The van der Waals surface area contributed by atoms with E-state index in [0.29, 0.717) is 6.54 Å². The summed E-state index contributed by atoms with van der Waals surface area (Å²) in [7, 11) is 0. The summed E-state index contributed by atoms with van der Waals surface area (Å²) in [4.78, 5) is 0. The normalized spacial score (nSPS) is 9.75. The molecule has 0 atom stereocenters. The quantitative estimate of drug-likeness (QED) is 0.389. The van der Waals surface area contributed by atoms with E-state index in [-0.39, 0.29) is 6.61 Å². The van der Waals surface area contributed by atoms with Gasteiger partial charge in [0, 0.05) is 13.0 Å². The number of hydrogen-bond acceptors (Lipinski definition) is 1. The minimum atomic E-state index is 0.241. The van der Waals surface area contributed by atoms with Gasteiger partial charge in [0.05, 0.1) is 0 Å². The number of unbranched alkanes of at least 4 members (excludes halogenated alkanes) is 2. The summed E-state index contributed by atoms with van der Waals surface area (Å²) in [6, 6.07) is 0. The highest BCUT2D eigenvalue weighted by molar-refractivity contribution is 4.40. The second-order valence-electron chi connectivity index (χ2n) is 1.65. The first kappa shape index (κ1) is 7.88. The summed E-state index contributed by atoms with van der Waals surface area (Å²) in [6.07, 6.45) is 2.63. The van der Waals surface area contributed by atoms with Gasteiger partial charge in [0.25, 0.3) is 5.84 Å². The highest BCUT2D eigenvalue weighted by atomic mass is 16.2. The predicted octanol–water partition coefficient (Wildman–Crippen LogP) is -0.263. The summed E-state index contributed by atoms with van der Waals surface area (Å²) >= 11 is 0. The molecule has 46 valence electrons. The van der Waals surface area contributed by atoms with Gasteiger partial charge in [0.15, 0.2) is 0 Å². The maximum absolute atomic E-state index is 8.27. The largest absolute Gasteiger partial charge is 0.396 e. The molecule has 3 heteroatoms. The lowest BCUT2D eigenvalue weighted by Crippen LogP contribution is -2.02. The van der Waals surface area contributed by atoms with E-state index in [4.69, 9.17) is 10.9 Å². The second kappa shape index (κ2) is 6.88. The Bertz CT molecular complexity index is 35.4. The van der Waals surface area contributed by atoms with Crippen molar-refractivity contribution in [3.05, 3.63) is 0 Å². The first-order chi connectivity index (χ1) is 3.91. The Morgan fingerprint density at radius 2 is 2.00 bits per heavy atom. The third-order valence-corrected chi connectivity index (χ3v) is 0.916. The van der Waals surface area contributed by atoms with Gasteiger partial charge < -0.3 is 5.11 Å².